The number of hydrogen-bond acceptors (Lipinski definition) is 6. The van der Waals surface area contributed by atoms with Gasteiger partial charge in [0, 0.05) is 12.3 Å². The molecule has 0 atom stereocenters. The number of nitrogen functional groups attached to an aromatic ring is 1. The Hall–Kier alpha value is -1.96. The van der Waals surface area contributed by atoms with E-state index in [0.717, 1.165) is 0 Å². The first-order chi connectivity index (χ1) is 8.60. The van der Waals surface area contributed by atoms with E-state index < -0.39 is 5.97 Å². The Labute approximate surface area is 111 Å². The van der Waals surface area contributed by atoms with E-state index in [4.69, 9.17) is 10.5 Å². The lowest BCUT2D eigenvalue weighted by molar-refractivity contribution is 0.0526. The number of halogens is 1. The Morgan fingerprint density at radius 2 is 2.33 bits per heavy atom. The van der Waals surface area contributed by atoms with Crippen LogP contribution in [0.5, 0.6) is 0 Å². The zero-order valence-corrected chi connectivity index (χ0v) is 11.1. The van der Waals surface area contributed by atoms with E-state index in [1.54, 1.807) is 13.0 Å². The molecule has 94 valence electrons. The average molecular weight is 312 g/mol. The summed E-state index contributed by atoms with van der Waals surface area (Å²) in [4.78, 5) is 19.6. The normalized spacial score (nSPS) is 10.3. The fraction of sp³-hybridized carbons (Fsp3) is 0.200. The first-order valence-electron chi connectivity index (χ1n) is 5.12. The van der Waals surface area contributed by atoms with Crippen LogP contribution in [0.15, 0.2) is 23.1 Å². The van der Waals surface area contributed by atoms with E-state index in [2.05, 4.69) is 31.0 Å². The third kappa shape index (κ3) is 2.65. The summed E-state index contributed by atoms with van der Waals surface area (Å²) in [6.07, 6.45) is 2.87. The molecular formula is C10H10BrN5O2. The van der Waals surface area contributed by atoms with Gasteiger partial charge in [-0.1, -0.05) is 0 Å². The second-order valence-corrected chi connectivity index (χ2v) is 4.12. The van der Waals surface area contributed by atoms with Crippen molar-refractivity contribution in [1.29, 1.82) is 0 Å². The monoisotopic (exact) mass is 311 g/mol. The molecule has 0 aliphatic rings. The van der Waals surface area contributed by atoms with Crippen LogP contribution in [0.3, 0.4) is 0 Å². The molecule has 2 aromatic heterocycles. The van der Waals surface area contributed by atoms with Crippen LogP contribution in [0.4, 0.5) is 5.82 Å². The minimum Gasteiger partial charge on any atom is -0.462 e. The molecule has 0 fully saturated rings. The van der Waals surface area contributed by atoms with Crippen molar-refractivity contribution in [1.82, 2.24) is 19.7 Å². The average Bonchev–Trinajstić information content (AvgIpc) is 2.77. The molecule has 2 aromatic rings. The Bertz CT molecular complexity index is 563. The Morgan fingerprint density at radius 3 is 3.00 bits per heavy atom. The van der Waals surface area contributed by atoms with Crippen molar-refractivity contribution in [3.63, 3.8) is 0 Å². The molecule has 18 heavy (non-hydrogen) atoms. The lowest BCUT2D eigenvalue weighted by Gasteiger charge is -2.01. The van der Waals surface area contributed by atoms with Crippen LogP contribution in [-0.4, -0.2) is 32.3 Å². The quantitative estimate of drug-likeness (QED) is 0.675. The number of nitrogens with zero attached hydrogens (tertiary/aromatic N) is 4. The van der Waals surface area contributed by atoms with E-state index in [1.165, 1.54) is 17.1 Å². The molecule has 0 saturated heterocycles. The minimum atomic E-state index is -0.438. The molecule has 0 aliphatic carbocycles. The lowest BCUT2D eigenvalue weighted by atomic mass is 10.4. The van der Waals surface area contributed by atoms with E-state index >= 15 is 0 Å². The van der Waals surface area contributed by atoms with Gasteiger partial charge in [0.15, 0.2) is 0 Å². The maximum absolute atomic E-state index is 11.5. The summed E-state index contributed by atoms with van der Waals surface area (Å²) >= 11 is 3.21. The van der Waals surface area contributed by atoms with Gasteiger partial charge < -0.3 is 10.5 Å². The van der Waals surface area contributed by atoms with E-state index in [9.17, 15) is 4.79 Å². The second-order valence-electron chi connectivity index (χ2n) is 3.31. The molecule has 8 heteroatoms. The molecule has 0 bridgehead atoms. The van der Waals surface area contributed by atoms with E-state index in [-0.39, 0.29) is 5.95 Å². The molecule has 0 saturated carbocycles. The van der Waals surface area contributed by atoms with Gasteiger partial charge in [0.05, 0.1) is 18.4 Å². The number of aromatic nitrogens is 4. The number of ether oxygens (including phenoxy) is 1. The fourth-order valence-corrected chi connectivity index (χ4v) is 1.67. The van der Waals surface area contributed by atoms with Gasteiger partial charge in [-0.2, -0.15) is 10.1 Å². The summed E-state index contributed by atoms with van der Waals surface area (Å²) < 4.78 is 6.75. The van der Waals surface area contributed by atoms with Crippen molar-refractivity contribution < 1.29 is 9.53 Å². The maximum atomic E-state index is 11.5. The van der Waals surface area contributed by atoms with Gasteiger partial charge in [-0.3, -0.25) is 0 Å². The number of carbonyl (C=O) groups excluding carboxylic acids is 1. The topological polar surface area (TPSA) is 95.9 Å². The molecule has 7 nitrogen and oxygen atoms in total. The number of hydrogen-bond donors (Lipinski definition) is 1. The Balaban J connectivity index is 2.32. The van der Waals surface area contributed by atoms with Gasteiger partial charge in [-0.25, -0.2) is 14.5 Å². The van der Waals surface area contributed by atoms with Crippen LogP contribution in [0.25, 0.3) is 5.95 Å². The van der Waals surface area contributed by atoms with Gasteiger partial charge in [0.1, 0.15) is 10.4 Å². The number of anilines is 1. The van der Waals surface area contributed by atoms with Crippen molar-refractivity contribution >= 4 is 27.7 Å². The van der Waals surface area contributed by atoms with Gasteiger partial charge in [0.2, 0.25) is 0 Å². The molecule has 0 unspecified atom stereocenters. The van der Waals surface area contributed by atoms with Crippen LogP contribution in [0.1, 0.15) is 17.3 Å². The smallest absolute Gasteiger partial charge is 0.341 e. The zero-order chi connectivity index (χ0) is 13.1. The van der Waals surface area contributed by atoms with Crippen molar-refractivity contribution in [2.24, 2.45) is 0 Å². The molecule has 0 radical (unpaired) electrons. The number of esters is 1. The molecule has 0 aliphatic heterocycles. The number of rotatable bonds is 3. The molecule has 2 N–H and O–H groups in total. The van der Waals surface area contributed by atoms with E-state index in [0.29, 0.717) is 22.6 Å². The summed E-state index contributed by atoms with van der Waals surface area (Å²) in [5.41, 5.74) is 5.93. The van der Waals surface area contributed by atoms with Crippen LogP contribution in [0, 0.1) is 0 Å². The molecule has 0 aromatic carbocycles. The molecule has 0 amide bonds. The van der Waals surface area contributed by atoms with Crippen molar-refractivity contribution in [3.05, 3.63) is 28.6 Å². The highest BCUT2D eigenvalue weighted by molar-refractivity contribution is 9.10. The van der Waals surface area contributed by atoms with Crippen molar-refractivity contribution in [2.45, 2.75) is 6.92 Å². The van der Waals surface area contributed by atoms with Crippen LogP contribution in [-0.2, 0) is 4.74 Å². The minimum absolute atomic E-state index is 0.275. The highest BCUT2D eigenvalue weighted by Gasteiger charge is 2.11. The predicted molar refractivity (Wildman–Crippen MR) is 67.2 cm³/mol. The van der Waals surface area contributed by atoms with Gasteiger partial charge >= 0.3 is 5.97 Å². The Morgan fingerprint density at radius 1 is 1.56 bits per heavy atom. The zero-order valence-electron chi connectivity index (χ0n) is 9.50. The van der Waals surface area contributed by atoms with Crippen LogP contribution >= 0.6 is 15.9 Å². The molecular weight excluding hydrogens is 302 g/mol. The van der Waals surface area contributed by atoms with Crippen LogP contribution < -0.4 is 5.73 Å². The Kier molecular flexibility index (Phi) is 3.56. The summed E-state index contributed by atoms with van der Waals surface area (Å²) in [5.74, 6) is 0.143. The standard InChI is InChI=1S/C10H10BrN5O2/c1-2-18-9(17)6-4-13-16(5-6)10-14-7(11)3-8(12)15-10/h3-5H,2H2,1H3,(H2,12,14,15). The second kappa shape index (κ2) is 5.13. The molecule has 2 heterocycles. The van der Waals surface area contributed by atoms with E-state index in [1.807, 2.05) is 0 Å². The largest absolute Gasteiger partial charge is 0.462 e. The van der Waals surface area contributed by atoms with Gasteiger partial charge in [0.25, 0.3) is 5.95 Å². The number of carbonyl (C=O) groups is 1. The molecule has 0 spiro atoms. The maximum Gasteiger partial charge on any atom is 0.341 e. The highest BCUT2D eigenvalue weighted by Crippen LogP contribution is 2.12. The predicted octanol–water partition coefficient (Wildman–Crippen LogP) is 1.18. The highest BCUT2D eigenvalue weighted by atomic mass is 79.9. The van der Waals surface area contributed by atoms with Crippen molar-refractivity contribution in [2.75, 3.05) is 12.3 Å². The summed E-state index contributed by atoms with van der Waals surface area (Å²) in [7, 11) is 0. The lowest BCUT2D eigenvalue weighted by Crippen LogP contribution is -2.05. The fourth-order valence-electron chi connectivity index (χ4n) is 1.28. The van der Waals surface area contributed by atoms with Gasteiger partial charge in [-0.05, 0) is 22.9 Å². The first kappa shape index (κ1) is 12.5. The van der Waals surface area contributed by atoms with Gasteiger partial charge in [-0.15, -0.1) is 0 Å². The molecule has 2 rings (SSSR count). The van der Waals surface area contributed by atoms with Crippen LogP contribution in [0.2, 0.25) is 0 Å². The number of nitrogens with two attached hydrogens (primary N) is 1. The summed E-state index contributed by atoms with van der Waals surface area (Å²) in [6, 6.07) is 1.57. The third-order valence-electron chi connectivity index (χ3n) is 2.00. The summed E-state index contributed by atoms with van der Waals surface area (Å²) in [5, 5.41) is 3.99. The summed E-state index contributed by atoms with van der Waals surface area (Å²) in [6.45, 7) is 2.05. The third-order valence-corrected chi connectivity index (χ3v) is 2.41. The SMILES string of the molecule is CCOC(=O)c1cnn(-c2nc(N)cc(Br)n2)c1. The first-order valence-corrected chi connectivity index (χ1v) is 5.91. The van der Waals surface area contributed by atoms with Crippen molar-refractivity contribution in [3.8, 4) is 5.95 Å².